The summed E-state index contributed by atoms with van der Waals surface area (Å²) in [4.78, 5) is 28.4. The second-order valence-corrected chi connectivity index (χ2v) is 6.41. The molecule has 0 saturated heterocycles. The molecule has 5 heteroatoms. The van der Waals surface area contributed by atoms with Crippen LogP contribution >= 0.6 is 11.3 Å². The van der Waals surface area contributed by atoms with E-state index in [0.717, 1.165) is 17.0 Å². The molecule has 2 aromatic heterocycles. The summed E-state index contributed by atoms with van der Waals surface area (Å²) in [6, 6.07) is 7.71. The van der Waals surface area contributed by atoms with Gasteiger partial charge in [0.25, 0.3) is 0 Å². The molecule has 1 atom stereocenters. The highest BCUT2D eigenvalue weighted by Gasteiger charge is 2.12. The van der Waals surface area contributed by atoms with Crippen molar-refractivity contribution in [2.45, 2.75) is 39.7 Å². The average Bonchev–Trinajstić information content (AvgIpc) is 2.86. The quantitative estimate of drug-likeness (QED) is 0.834. The molecular formula is C17H20N2O2S. The van der Waals surface area contributed by atoms with Gasteiger partial charge in [-0.05, 0) is 49.9 Å². The number of carbonyl (C=O) groups is 2. The first kappa shape index (κ1) is 16.4. The minimum absolute atomic E-state index is 0.0210. The van der Waals surface area contributed by atoms with Gasteiger partial charge in [0.15, 0.2) is 5.78 Å². The lowest BCUT2D eigenvalue weighted by Gasteiger charge is -2.13. The number of nitrogens with zero attached hydrogens (tertiary/aromatic N) is 1. The van der Waals surface area contributed by atoms with Crippen LogP contribution in [0.2, 0.25) is 0 Å². The molecule has 0 spiro atoms. The van der Waals surface area contributed by atoms with Gasteiger partial charge in [-0.3, -0.25) is 14.6 Å². The third-order valence-corrected chi connectivity index (χ3v) is 4.31. The average molecular weight is 316 g/mol. The Morgan fingerprint density at radius 1 is 1.36 bits per heavy atom. The Balaban J connectivity index is 1.86. The van der Waals surface area contributed by atoms with Crippen LogP contribution in [0.25, 0.3) is 0 Å². The molecule has 2 heterocycles. The number of thiophene rings is 1. The van der Waals surface area contributed by atoms with Gasteiger partial charge < -0.3 is 5.32 Å². The highest BCUT2D eigenvalue weighted by atomic mass is 32.1. The lowest BCUT2D eigenvalue weighted by molar-refractivity contribution is -0.121. The van der Waals surface area contributed by atoms with E-state index in [-0.39, 0.29) is 17.7 Å². The van der Waals surface area contributed by atoms with Gasteiger partial charge in [0, 0.05) is 23.9 Å². The first-order valence-electron chi connectivity index (χ1n) is 7.24. The zero-order valence-corrected chi connectivity index (χ0v) is 13.9. The summed E-state index contributed by atoms with van der Waals surface area (Å²) in [6.45, 7) is 5.46. The maximum Gasteiger partial charge on any atom is 0.224 e. The highest BCUT2D eigenvalue weighted by molar-refractivity contribution is 7.12. The summed E-state index contributed by atoms with van der Waals surface area (Å²) in [5.41, 5.74) is 2.84. The first-order valence-corrected chi connectivity index (χ1v) is 8.12. The number of aromatic nitrogens is 1. The smallest absolute Gasteiger partial charge is 0.224 e. The van der Waals surface area contributed by atoms with E-state index >= 15 is 0 Å². The molecule has 0 aliphatic rings. The van der Waals surface area contributed by atoms with E-state index in [0.29, 0.717) is 17.7 Å². The Morgan fingerprint density at radius 2 is 2.14 bits per heavy atom. The molecule has 0 aromatic carbocycles. The molecule has 0 radical (unpaired) electrons. The van der Waals surface area contributed by atoms with Crippen molar-refractivity contribution < 1.29 is 9.59 Å². The van der Waals surface area contributed by atoms with Gasteiger partial charge in [-0.15, -0.1) is 11.3 Å². The molecule has 4 nitrogen and oxygen atoms in total. The van der Waals surface area contributed by atoms with Gasteiger partial charge in [0.05, 0.1) is 11.3 Å². The predicted octanol–water partition coefficient (Wildman–Crippen LogP) is 2.94. The van der Waals surface area contributed by atoms with Crippen molar-refractivity contribution >= 4 is 23.0 Å². The van der Waals surface area contributed by atoms with Crippen LogP contribution in [0, 0.1) is 6.92 Å². The number of hydrogen-bond donors (Lipinski definition) is 1. The molecule has 2 rings (SSSR count). The van der Waals surface area contributed by atoms with Crippen molar-refractivity contribution in [2.75, 3.05) is 0 Å². The summed E-state index contributed by atoms with van der Waals surface area (Å²) >= 11 is 1.38. The van der Waals surface area contributed by atoms with E-state index in [9.17, 15) is 9.59 Å². The zero-order chi connectivity index (χ0) is 16.1. The molecule has 0 fully saturated rings. The summed E-state index contributed by atoms with van der Waals surface area (Å²) in [6.07, 6.45) is 1.01. The van der Waals surface area contributed by atoms with Crippen molar-refractivity contribution in [1.82, 2.24) is 10.3 Å². The van der Waals surface area contributed by atoms with Gasteiger partial charge in [-0.1, -0.05) is 6.07 Å². The molecular weight excluding hydrogens is 296 g/mol. The monoisotopic (exact) mass is 316 g/mol. The molecule has 0 unspecified atom stereocenters. The van der Waals surface area contributed by atoms with Gasteiger partial charge >= 0.3 is 0 Å². The summed E-state index contributed by atoms with van der Waals surface area (Å²) < 4.78 is 0. The maximum atomic E-state index is 12.0. The molecule has 22 heavy (non-hydrogen) atoms. The van der Waals surface area contributed by atoms with Crippen LogP contribution in [0.4, 0.5) is 0 Å². The number of rotatable bonds is 6. The van der Waals surface area contributed by atoms with Crippen LogP contribution in [-0.2, 0) is 17.6 Å². The Bertz CT molecular complexity index is 679. The molecule has 0 aliphatic carbocycles. The van der Waals surface area contributed by atoms with E-state index in [1.165, 1.54) is 18.3 Å². The van der Waals surface area contributed by atoms with Gasteiger partial charge in [0.2, 0.25) is 5.91 Å². The first-order chi connectivity index (χ1) is 10.4. The van der Waals surface area contributed by atoms with Crippen LogP contribution in [0.1, 0.15) is 40.5 Å². The third kappa shape index (κ3) is 4.77. The fraction of sp³-hybridized carbons (Fsp3) is 0.353. The lowest BCUT2D eigenvalue weighted by Crippen LogP contribution is -2.35. The summed E-state index contributed by atoms with van der Waals surface area (Å²) in [5, 5.41) is 4.84. The van der Waals surface area contributed by atoms with E-state index in [1.807, 2.05) is 37.4 Å². The van der Waals surface area contributed by atoms with Crippen molar-refractivity contribution in [2.24, 2.45) is 0 Å². The van der Waals surface area contributed by atoms with Gasteiger partial charge in [-0.25, -0.2) is 0 Å². The summed E-state index contributed by atoms with van der Waals surface area (Å²) in [7, 11) is 0. The SMILES string of the molecule is CC(=O)c1cc(CC(=O)N[C@H](C)Cc2cccc(C)n2)cs1. The second kappa shape index (κ2) is 7.31. The van der Waals surface area contributed by atoms with Crippen molar-refractivity contribution in [3.63, 3.8) is 0 Å². The number of ketones is 1. The van der Waals surface area contributed by atoms with E-state index in [2.05, 4.69) is 10.3 Å². The number of aryl methyl sites for hydroxylation is 1. The Labute approximate surface area is 134 Å². The fourth-order valence-electron chi connectivity index (χ4n) is 2.24. The molecule has 1 amide bonds. The standard InChI is InChI=1S/C17H20N2O2S/c1-11-5-4-6-15(18-11)7-12(2)19-17(21)9-14-8-16(13(3)20)22-10-14/h4-6,8,10,12H,7,9H2,1-3H3,(H,19,21)/t12-/m1/s1. The fourth-order valence-corrected chi connectivity index (χ4v) is 3.06. The number of hydrogen-bond acceptors (Lipinski definition) is 4. The van der Waals surface area contributed by atoms with Crippen molar-refractivity contribution in [1.29, 1.82) is 0 Å². The number of nitrogens with one attached hydrogen (secondary N) is 1. The molecule has 1 N–H and O–H groups in total. The van der Waals surface area contributed by atoms with Crippen molar-refractivity contribution in [3.05, 3.63) is 51.5 Å². The Morgan fingerprint density at radius 3 is 2.77 bits per heavy atom. The number of pyridine rings is 1. The maximum absolute atomic E-state index is 12.0. The van der Waals surface area contributed by atoms with Gasteiger partial charge in [0.1, 0.15) is 0 Å². The van der Waals surface area contributed by atoms with Crippen LogP contribution in [0.15, 0.2) is 29.6 Å². The van der Waals surface area contributed by atoms with Crippen LogP contribution in [0.5, 0.6) is 0 Å². The topological polar surface area (TPSA) is 59.1 Å². The minimum Gasteiger partial charge on any atom is -0.353 e. The highest BCUT2D eigenvalue weighted by Crippen LogP contribution is 2.15. The van der Waals surface area contributed by atoms with Crippen molar-refractivity contribution in [3.8, 4) is 0 Å². The zero-order valence-electron chi connectivity index (χ0n) is 13.1. The molecule has 2 aromatic rings. The number of Topliss-reactive ketones (excluding diaryl/α,β-unsaturated/α-hetero) is 1. The van der Waals surface area contributed by atoms with Crippen LogP contribution in [-0.4, -0.2) is 22.7 Å². The van der Waals surface area contributed by atoms with Crippen LogP contribution < -0.4 is 5.32 Å². The number of amides is 1. The molecule has 116 valence electrons. The Kier molecular flexibility index (Phi) is 5.44. The molecule has 0 saturated carbocycles. The lowest BCUT2D eigenvalue weighted by atomic mass is 10.1. The molecule has 0 aliphatic heterocycles. The normalized spacial score (nSPS) is 12.0. The minimum atomic E-state index is -0.0342. The van der Waals surface area contributed by atoms with E-state index < -0.39 is 0 Å². The summed E-state index contributed by atoms with van der Waals surface area (Å²) in [5.74, 6) is 0.00334. The largest absolute Gasteiger partial charge is 0.353 e. The van der Waals surface area contributed by atoms with Gasteiger partial charge in [-0.2, -0.15) is 0 Å². The second-order valence-electron chi connectivity index (χ2n) is 5.50. The third-order valence-electron chi connectivity index (χ3n) is 3.23. The van der Waals surface area contributed by atoms with Crippen LogP contribution in [0.3, 0.4) is 0 Å². The van der Waals surface area contributed by atoms with E-state index in [4.69, 9.17) is 0 Å². The predicted molar refractivity (Wildman–Crippen MR) is 88.3 cm³/mol. The van der Waals surface area contributed by atoms with E-state index in [1.54, 1.807) is 6.07 Å². The molecule has 0 bridgehead atoms. The number of carbonyl (C=O) groups excluding carboxylic acids is 2. The Hall–Kier alpha value is -2.01.